The molecule has 0 fully saturated rings. The molecule has 14 heavy (non-hydrogen) atoms. The van der Waals surface area contributed by atoms with Crippen LogP contribution in [0, 0.1) is 13.8 Å². The molecule has 0 saturated carbocycles. The Labute approximate surface area is 89.5 Å². The zero-order valence-corrected chi connectivity index (χ0v) is 9.64. The molecule has 0 aliphatic carbocycles. The zero-order valence-electron chi connectivity index (χ0n) is 8.89. The van der Waals surface area contributed by atoms with Crippen molar-refractivity contribution in [2.24, 2.45) is 0 Å². The summed E-state index contributed by atoms with van der Waals surface area (Å²) in [4.78, 5) is 10.6. The fourth-order valence-corrected chi connectivity index (χ4v) is 1.24. The standard InChI is InChI=1S/C9H9ClO2.C2H6/c1-5-3-7(9(11)12)8(10)4-6(5)2;1-2/h3-4H,1-2H3,(H,11,12);1-2H3. The van der Waals surface area contributed by atoms with Gasteiger partial charge in [0.1, 0.15) is 0 Å². The van der Waals surface area contributed by atoms with Gasteiger partial charge >= 0.3 is 5.97 Å². The number of aromatic carboxylic acids is 1. The molecule has 0 spiro atoms. The number of hydrogen-bond acceptors (Lipinski definition) is 1. The van der Waals surface area contributed by atoms with Crippen LogP contribution in [0.5, 0.6) is 0 Å². The second-order valence-electron chi connectivity index (χ2n) is 2.72. The molecule has 3 heteroatoms. The summed E-state index contributed by atoms with van der Waals surface area (Å²) in [6.45, 7) is 7.75. The van der Waals surface area contributed by atoms with E-state index >= 15 is 0 Å². The van der Waals surface area contributed by atoms with E-state index in [1.165, 1.54) is 0 Å². The minimum Gasteiger partial charge on any atom is -0.478 e. The van der Waals surface area contributed by atoms with Gasteiger partial charge in [0.2, 0.25) is 0 Å². The van der Waals surface area contributed by atoms with Gasteiger partial charge in [0.15, 0.2) is 0 Å². The smallest absolute Gasteiger partial charge is 0.337 e. The Balaban J connectivity index is 0.000000791. The van der Waals surface area contributed by atoms with Crippen molar-refractivity contribution in [3.8, 4) is 0 Å². The number of carboxylic acids is 1. The topological polar surface area (TPSA) is 37.3 Å². The normalized spacial score (nSPS) is 8.93. The van der Waals surface area contributed by atoms with Crippen molar-refractivity contribution in [1.82, 2.24) is 0 Å². The number of rotatable bonds is 1. The lowest BCUT2D eigenvalue weighted by molar-refractivity contribution is 0.0697. The molecule has 0 unspecified atom stereocenters. The SMILES string of the molecule is CC.Cc1cc(Cl)c(C(=O)O)cc1C. The lowest BCUT2D eigenvalue weighted by atomic mass is 10.1. The van der Waals surface area contributed by atoms with E-state index in [9.17, 15) is 4.79 Å². The van der Waals surface area contributed by atoms with Gasteiger partial charge in [0, 0.05) is 0 Å². The van der Waals surface area contributed by atoms with Crippen LogP contribution in [0.4, 0.5) is 0 Å². The molecule has 0 aromatic heterocycles. The Kier molecular flexibility index (Phi) is 5.24. The number of benzene rings is 1. The summed E-state index contributed by atoms with van der Waals surface area (Å²) in [7, 11) is 0. The molecule has 0 radical (unpaired) electrons. The van der Waals surface area contributed by atoms with Gasteiger partial charge in [-0.05, 0) is 37.1 Å². The van der Waals surface area contributed by atoms with Crippen molar-refractivity contribution in [2.45, 2.75) is 27.7 Å². The highest BCUT2D eigenvalue weighted by atomic mass is 35.5. The van der Waals surface area contributed by atoms with E-state index in [0.29, 0.717) is 5.02 Å². The average Bonchev–Trinajstić information content (AvgIpc) is 2.14. The van der Waals surface area contributed by atoms with Gasteiger partial charge in [0.25, 0.3) is 0 Å². The maximum atomic E-state index is 10.6. The Morgan fingerprint density at radius 2 is 1.64 bits per heavy atom. The van der Waals surface area contributed by atoms with Gasteiger partial charge in [-0.3, -0.25) is 0 Å². The van der Waals surface area contributed by atoms with E-state index < -0.39 is 5.97 Å². The summed E-state index contributed by atoms with van der Waals surface area (Å²) in [5, 5.41) is 8.99. The van der Waals surface area contributed by atoms with Crippen molar-refractivity contribution < 1.29 is 9.90 Å². The number of carboxylic acid groups (broad SMARTS) is 1. The summed E-state index contributed by atoms with van der Waals surface area (Å²) >= 11 is 5.72. The molecule has 1 N–H and O–H groups in total. The van der Waals surface area contributed by atoms with Crippen molar-refractivity contribution in [1.29, 1.82) is 0 Å². The minimum absolute atomic E-state index is 0.166. The first-order valence-corrected chi connectivity index (χ1v) is 4.90. The van der Waals surface area contributed by atoms with Crippen LogP contribution in [-0.4, -0.2) is 11.1 Å². The zero-order chi connectivity index (χ0) is 11.3. The van der Waals surface area contributed by atoms with Crippen LogP contribution in [0.15, 0.2) is 12.1 Å². The van der Waals surface area contributed by atoms with E-state index in [-0.39, 0.29) is 5.56 Å². The fraction of sp³-hybridized carbons (Fsp3) is 0.364. The molecule has 0 heterocycles. The van der Waals surface area contributed by atoms with E-state index in [1.54, 1.807) is 12.1 Å². The van der Waals surface area contributed by atoms with Crippen molar-refractivity contribution in [2.75, 3.05) is 0 Å². The van der Waals surface area contributed by atoms with Crippen LogP contribution in [-0.2, 0) is 0 Å². The molecule has 1 aromatic rings. The quantitative estimate of drug-likeness (QED) is 0.774. The van der Waals surface area contributed by atoms with Crippen molar-refractivity contribution in [3.63, 3.8) is 0 Å². The van der Waals surface area contributed by atoms with Crippen LogP contribution >= 0.6 is 11.6 Å². The third kappa shape index (κ3) is 3.04. The van der Waals surface area contributed by atoms with E-state index in [4.69, 9.17) is 16.7 Å². The van der Waals surface area contributed by atoms with Gasteiger partial charge in [0.05, 0.1) is 10.6 Å². The molecule has 0 aliphatic heterocycles. The molecular formula is C11H15ClO2. The molecular weight excluding hydrogens is 200 g/mol. The first-order valence-electron chi connectivity index (χ1n) is 4.52. The molecule has 2 nitrogen and oxygen atoms in total. The van der Waals surface area contributed by atoms with Crippen LogP contribution in [0.3, 0.4) is 0 Å². The number of halogens is 1. The molecule has 78 valence electrons. The molecule has 0 atom stereocenters. The second-order valence-corrected chi connectivity index (χ2v) is 3.13. The number of hydrogen-bond donors (Lipinski definition) is 1. The summed E-state index contributed by atoms with van der Waals surface area (Å²) < 4.78 is 0. The Morgan fingerprint density at radius 1 is 1.21 bits per heavy atom. The highest BCUT2D eigenvalue weighted by Crippen LogP contribution is 2.20. The van der Waals surface area contributed by atoms with Crippen molar-refractivity contribution in [3.05, 3.63) is 33.8 Å². The Bertz CT molecular complexity index is 332. The monoisotopic (exact) mass is 214 g/mol. The molecule has 1 aromatic carbocycles. The average molecular weight is 215 g/mol. The van der Waals surface area contributed by atoms with Crippen LogP contribution in [0.2, 0.25) is 5.02 Å². The molecule has 0 amide bonds. The molecule has 0 aliphatic rings. The highest BCUT2D eigenvalue weighted by molar-refractivity contribution is 6.33. The van der Waals surface area contributed by atoms with Crippen molar-refractivity contribution >= 4 is 17.6 Å². The molecule has 0 bridgehead atoms. The van der Waals surface area contributed by atoms with Gasteiger partial charge in [-0.1, -0.05) is 25.4 Å². The Morgan fingerprint density at radius 3 is 2.07 bits per heavy atom. The van der Waals surface area contributed by atoms with Gasteiger partial charge in [-0.15, -0.1) is 0 Å². The largest absolute Gasteiger partial charge is 0.478 e. The van der Waals surface area contributed by atoms with E-state index in [2.05, 4.69) is 0 Å². The maximum absolute atomic E-state index is 10.6. The molecule has 1 rings (SSSR count). The first kappa shape index (κ1) is 13.0. The van der Waals surface area contributed by atoms with E-state index in [1.807, 2.05) is 27.7 Å². The van der Waals surface area contributed by atoms with Gasteiger partial charge in [-0.25, -0.2) is 4.79 Å². The van der Waals surface area contributed by atoms with Gasteiger partial charge in [-0.2, -0.15) is 0 Å². The van der Waals surface area contributed by atoms with Crippen LogP contribution in [0.1, 0.15) is 35.3 Å². The predicted octanol–water partition coefficient (Wildman–Crippen LogP) is 3.68. The summed E-state index contributed by atoms with van der Waals surface area (Å²) in [5.74, 6) is -0.983. The lowest BCUT2D eigenvalue weighted by Gasteiger charge is -2.03. The Hall–Kier alpha value is -1.02. The molecule has 0 saturated heterocycles. The van der Waals surface area contributed by atoms with Crippen LogP contribution in [0.25, 0.3) is 0 Å². The number of aryl methyl sites for hydroxylation is 2. The third-order valence-electron chi connectivity index (χ3n) is 1.81. The van der Waals surface area contributed by atoms with E-state index in [0.717, 1.165) is 11.1 Å². The maximum Gasteiger partial charge on any atom is 0.337 e. The first-order chi connectivity index (χ1) is 6.52. The predicted molar refractivity (Wildman–Crippen MR) is 59.2 cm³/mol. The van der Waals surface area contributed by atoms with Gasteiger partial charge < -0.3 is 5.11 Å². The minimum atomic E-state index is -0.983. The second kappa shape index (κ2) is 5.66. The van der Waals surface area contributed by atoms with Crippen LogP contribution < -0.4 is 0 Å². The lowest BCUT2D eigenvalue weighted by Crippen LogP contribution is -1.98. The summed E-state index contributed by atoms with van der Waals surface area (Å²) in [5.41, 5.74) is 2.11. The third-order valence-corrected chi connectivity index (χ3v) is 2.13. The number of carbonyl (C=O) groups is 1. The fourth-order valence-electron chi connectivity index (χ4n) is 0.945. The highest BCUT2D eigenvalue weighted by Gasteiger charge is 2.09. The summed E-state index contributed by atoms with van der Waals surface area (Å²) in [6.07, 6.45) is 0. The summed E-state index contributed by atoms with van der Waals surface area (Å²) in [6, 6.07) is 3.25.